The first kappa shape index (κ1) is 8.06. The standard InChI is InChI=1S/C8H11NO2/c1-3-11-7(10)8(2)4-6(8)5-9/h6H,3-4H2,1-2H3/t6-,8-/m1/s1. The number of esters is 1. The molecule has 1 aliphatic carbocycles. The van der Waals surface area contributed by atoms with Crippen molar-refractivity contribution in [2.75, 3.05) is 6.61 Å². The zero-order valence-corrected chi connectivity index (χ0v) is 6.76. The van der Waals surface area contributed by atoms with Crippen LogP contribution in [0.5, 0.6) is 0 Å². The second-order valence-corrected chi connectivity index (χ2v) is 3.02. The van der Waals surface area contributed by atoms with Gasteiger partial charge in [-0.3, -0.25) is 4.79 Å². The monoisotopic (exact) mass is 153 g/mol. The van der Waals surface area contributed by atoms with Crippen molar-refractivity contribution >= 4 is 5.97 Å². The fraction of sp³-hybridized carbons (Fsp3) is 0.750. The molecule has 60 valence electrons. The predicted octanol–water partition coefficient (Wildman–Crippen LogP) is 1.10. The van der Waals surface area contributed by atoms with Crippen LogP contribution in [0.25, 0.3) is 0 Å². The highest BCUT2D eigenvalue weighted by Gasteiger charge is 2.57. The van der Waals surface area contributed by atoms with E-state index < -0.39 is 5.41 Å². The van der Waals surface area contributed by atoms with E-state index in [1.807, 2.05) is 0 Å². The maximum atomic E-state index is 11.1. The summed E-state index contributed by atoms with van der Waals surface area (Å²) >= 11 is 0. The molecule has 1 rings (SSSR count). The van der Waals surface area contributed by atoms with E-state index in [4.69, 9.17) is 10.00 Å². The minimum Gasteiger partial charge on any atom is -0.466 e. The Balaban J connectivity index is 2.51. The van der Waals surface area contributed by atoms with Crippen molar-refractivity contribution in [3.63, 3.8) is 0 Å². The molecule has 0 aromatic rings. The van der Waals surface area contributed by atoms with E-state index in [9.17, 15) is 4.79 Å². The predicted molar refractivity (Wildman–Crippen MR) is 38.5 cm³/mol. The van der Waals surface area contributed by atoms with Crippen molar-refractivity contribution in [3.8, 4) is 6.07 Å². The Morgan fingerprint density at radius 3 is 2.91 bits per heavy atom. The largest absolute Gasteiger partial charge is 0.466 e. The van der Waals surface area contributed by atoms with Gasteiger partial charge >= 0.3 is 5.97 Å². The van der Waals surface area contributed by atoms with Crippen LogP contribution in [0.3, 0.4) is 0 Å². The molecule has 0 heterocycles. The second kappa shape index (κ2) is 2.54. The van der Waals surface area contributed by atoms with Gasteiger partial charge in [0.25, 0.3) is 0 Å². The fourth-order valence-corrected chi connectivity index (χ4v) is 1.07. The Labute approximate surface area is 66.0 Å². The quantitative estimate of drug-likeness (QED) is 0.558. The summed E-state index contributed by atoms with van der Waals surface area (Å²) in [5, 5.41) is 8.50. The second-order valence-electron chi connectivity index (χ2n) is 3.02. The lowest BCUT2D eigenvalue weighted by molar-refractivity contribution is -0.149. The lowest BCUT2D eigenvalue weighted by Crippen LogP contribution is -2.17. The molecule has 0 aromatic heterocycles. The number of hydrogen-bond acceptors (Lipinski definition) is 3. The summed E-state index contributed by atoms with van der Waals surface area (Å²) in [5.74, 6) is -0.354. The zero-order valence-electron chi connectivity index (χ0n) is 6.76. The van der Waals surface area contributed by atoms with Crippen LogP contribution in [-0.4, -0.2) is 12.6 Å². The van der Waals surface area contributed by atoms with Gasteiger partial charge in [0, 0.05) is 0 Å². The zero-order chi connectivity index (χ0) is 8.48. The Bertz CT molecular complexity index is 219. The third kappa shape index (κ3) is 1.21. The fourth-order valence-electron chi connectivity index (χ4n) is 1.07. The van der Waals surface area contributed by atoms with Crippen LogP contribution in [0.4, 0.5) is 0 Å². The van der Waals surface area contributed by atoms with Crippen molar-refractivity contribution in [3.05, 3.63) is 0 Å². The van der Waals surface area contributed by atoms with Crippen LogP contribution in [0, 0.1) is 22.7 Å². The Kier molecular flexibility index (Phi) is 1.86. The van der Waals surface area contributed by atoms with Gasteiger partial charge in [0.05, 0.1) is 24.0 Å². The molecular formula is C8H11NO2. The summed E-state index contributed by atoms with van der Waals surface area (Å²) in [4.78, 5) is 11.1. The summed E-state index contributed by atoms with van der Waals surface area (Å²) < 4.78 is 4.81. The number of rotatable bonds is 2. The molecule has 0 aliphatic heterocycles. The molecule has 0 saturated heterocycles. The minimum atomic E-state index is -0.495. The van der Waals surface area contributed by atoms with Crippen LogP contribution >= 0.6 is 0 Å². The highest BCUT2D eigenvalue weighted by molar-refractivity contribution is 5.80. The van der Waals surface area contributed by atoms with Gasteiger partial charge in [0.2, 0.25) is 0 Å². The van der Waals surface area contributed by atoms with Crippen molar-refractivity contribution in [1.82, 2.24) is 0 Å². The van der Waals surface area contributed by atoms with Crippen LogP contribution in [0.2, 0.25) is 0 Å². The van der Waals surface area contributed by atoms with E-state index >= 15 is 0 Å². The van der Waals surface area contributed by atoms with E-state index in [0.29, 0.717) is 13.0 Å². The SMILES string of the molecule is CCOC(=O)[C@]1(C)C[C@@H]1C#N. The molecule has 1 fully saturated rings. The van der Waals surface area contributed by atoms with Crippen LogP contribution in [-0.2, 0) is 9.53 Å². The van der Waals surface area contributed by atoms with Crippen LogP contribution in [0.15, 0.2) is 0 Å². The van der Waals surface area contributed by atoms with E-state index in [1.165, 1.54) is 0 Å². The van der Waals surface area contributed by atoms with Crippen LogP contribution in [0.1, 0.15) is 20.3 Å². The van der Waals surface area contributed by atoms with Gasteiger partial charge in [-0.2, -0.15) is 5.26 Å². The summed E-state index contributed by atoms with van der Waals surface area (Å²) in [6, 6.07) is 2.07. The van der Waals surface area contributed by atoms with Gasteiger partial charge < -0.3 is 4.74 Å². The van der Waals surface area contributed by atoms with Crippen LogP contribution < -0.4 is 0 Å². The Morgan fingerprint density at radius 1 is 1.91 bits per heavy atom. The number of carbonyl (C=O) groups excluding carboxylic acids is 1. The first-order valence-electron chi connectivity index (χ1n) is 3.72. The molecule has 0 aromatic carbocycles. The molecule has 2 atom stereocenters. The summed E-state index contributed by atoms with van der Waals surface area (Å²) in [6.07, 6.45) is 0.655. The molecule has 3 nitrogen and oxygen atoms in total. The van der Waals surface area contributed by atoms with Gasteiger partial charge in [-0.1, -0.05) is 0 Å². The molecule has 11 heavy (non-hydrogen) atoms. The van der Waals surface area contributed by atoms with Crippen molar-refractivity contribution in [2.45, 2.75) is 20.3 Å². The van der Waals surface area contributed by atoms with Gasteiger partial charge in [-0.25, -0.2) is 0 Å². The molecule has 0 amide bonds. The number of nitriles is 1. The molecule has 0 bridgehead atoms. The van der Waals surface area contributed by atoms with Crippen molar-refractivity contribution in [1.29, 1.82) is 5.26 Å². The van der Waals surface area contributed by atoms with E-state index in [-0.39, 0.29) is 11.9 Å². The molecule has 1 saturated carbocycles. The van der Waals surface area contributed by atoms with Crippen molar-refractivity contribution in [2.24, 2.45) is 11.3 Å². The van der Waals surface area contributed by atoms with Gasteiger partial charge in [0.1, 0.15) is 0 Å². The smallest absolute Gasteiger partial charge is 0.313 e. The first-order chi connectivity index (χ1) is 5.15. The highest BCUT2D eigenvalue weighted by atomic mass is 16.5. The molecular weight excluding hydrogens is 142 g/mol. The molecule has 0 N–H and O–H groups in total. The van der Waals surface area contributed by atoms with Crippen molar-refractivity contribution < 1.29 is 9.53 Å². The lowest BCUT2D eigenvalue weighted by atomic mass is 10.1. The third-order valence-electron chi connectivity index (χ3n) is 2.13. The van der Waals surface area contributed by atoms with Gasteiger partial charge in [-0.05, 0) is 20.3 Å². The highest BCUT2D eigenvalue weighted by Crippen LogP contribution is 2.52. The first-order valence-corrected chi connectivity index (χ1v) is 3.72. The molecule has 0 spiro atoms. The maximum Gasteiger partial charge on any atom is 0.313 e. The average Bonchev–Trinajstić information content (AvgIpc) is 2.64. The Hall–Kier alpha value is -1.04. The van der Waals surface area contributed by atoms with E-state index in [1.54, 1.807) is 13.8 Å². The number of nitrogens with zero attached hydrogens (tertiary/aromatic N) is 1. The van der Waals surface area contributed by atoms with E-state index in [2.05, 4.69) is 6.07 Å². The number of ether oxygens (including phenoxy) is 1. The summed E-state index contributed by atoms with van der Waals surface area (Å²) in [5.41, 5.74) is -0.495. The topological polar surface area (TPSA) is 50.1 Å². The summed E-state index contributed by atoms with van der Waals surface area (Å²) in [6.45, 7) is 3.94. The average molecular weight is 153 g/mol. The third-order valence-corrected chi connectivity index (χ3v) is 2.13. The Morgan fingerprint density at radius 2 is 2.55 bits per heavy atom. The lowest BCUT2D eigenvalue weighted by Gasteiger charge is -2.06. The minimum absolute atomic E-state index is 0.124. The molecule has 0 unspecified atom stereocenters. The molecule has 1 aliphatic rings. The molecule has 0 radical (unpaired) electrons. The normalized spacial score (nSPS) is 34.1. The molecule has 3 heteroatoms. The number of carbonyl (C=O) groups is 1. The maximum absolute atomic E-state index is 11.1. The summed E-state index contributed by atoms with van der Waals surface area (Å²) in [7, 11) is 0. The number of hydrogen-bond donors (Lipinski definition) is 0. The van der Waals surface area contributed by atoms with Gasteiger partial charge in [-0.15, -0.1) is 0 Å². The van der Waals surface area contributed by atoms with Gasteiger partial charge in [0.15, 0.2) is 0 Å². The van der Waals surface area contributed by atoms with E-state index in [0.717, 1.165) is 0 Å².